The Morgan fingerprint density at radius 1 is 1.10 bits per heavy atom. The Balaban J connectivity index is 1.76. The fraction of sp³-hybridized carbons (Fsp3) is 0.632. The summed E-state index contributed by atoms with van der Waals surface area (Å²) in [4.78, 5) is 12.6. The monoisotopic (exact) mass is 283 g/mol. The molecule has 0 heterocycles. The predicted molar refractivity (Wildman–Crippen MR) is 84.0 cm³/mol. The fourth-order valence-corrected chi connectivity index (χ4v) is 6.04. The van der Waals surface area contributed by atoms with Crippen LogP contribution in [-0.2, 0) is 10.2 Å². The number of carbonyl (C=O) groups excluding carboxylic acids is 1. The predicted octanol–water partition coefficient (Wildman–Crippen LogP) is 3.58. The van der Waals surface area contributed by atoms with Gasteiger partial charge in [0.05, 0.1) is 5.41 Å². The molecule has 1 N–H and O–H groups in total. The van der Waals surface area contributed by atoms with Crippen molar-refractivity contribution in [3.05, 3.63) is 35.4 Å². The highest BCUT2D eigenvalue weighted by Gasteiger charge is 2.60. The second kappa shape index (κ2) is 4.34. The summed E-state index contributed by atoms with van der Waals surface area (Å²) in [6.45, 7) is 2.15. The molecular formula is C19H25NO. The first-order chi connectivity index (χ1) is 10.1. The van der Waals surface area contributed by atoms with Crippen LogP contribution in [0.15, 0.2) is 24.3 Å². The molecule has 1 amide bonds. The molecule has 4 aliphatic carbocycles. The molecule has 112 valence electrons. The van der Waals surface area contributed by atoms with E-state index in [4.69, 9.17) is 0 Å². The number of carbonyl (C=O) groups is 1. The molecule has 0 spiro atoms. The van der Waals surface area contributed by atoms with Gasteiger partial charge in [-0.2, -0.15) is 0 Å². The number of aryl methyl sites for hydroxylation is 1. The normalized spacial score (nSPS) is 40.3. The number of benzene rings is 1. The Morgan fingerprint density at radius 3 is 2.29 bits per heavy atom. The van der Waals surface area contributed by atoms with E-state index >= 15 is 0 Å². The summed E-state index contributed by atoms with van der Waals surface area (Å²) >= 11 is 0. The van der Waals surface area contributed by atoms with Crippen LogP contribution in [0.4, 0.5) is 0 Å². The Bertz CT molecular complexity index is 560. The van der Waals surface area contributed by atoms with E-state index in [0.717, 1.165) is 31.1 Å². The van der Waals surface area contributed by atoms with Crippen molar-refractivity contribution in [3.8, 4) is 0 Å². The molecule has 2 nitrogen and oxygen atoms in total. The van der Waals surface area contributed by atoms with Gasteiger partial charge in [-0.05, 0) is 68.3 Å². The first-order valence-corrected chi connectivity index (χ1v) is 8.35. The number of hydrogen-bond donors (Lipinski definition) is 1. The van der Waals surface area contributed by atoms with Crippen molar-refractivity contribution >= 4 is 5.91 Å². The summed E-state index contributed by atoms with van der Waals surface area (Å²) in [5.41, 5.74) is 2.99. The summed E-state index contributed by atoms with van der Waals surface area (Å²) in [7, 11) is 1.81. The van der Waals surface area contributed by atoms with Gasteiger partial charge in [-0.15, -0.1) is 0 Å². The van der Waals surface area contributed by atoms with E-state index in [1.807, 2.05) is 0 Å². The van der Waals surface area contributed by atoms with Crippen LogP contribution < -0.4 is 5.32 Å². The van der Waals surface area contributed by atoms with Crippen molar-refractivity contribution in [2.75, 3.05) is 7.05 Å². The third kappa shape index (κ3) is 1.88. The van der Waals surface area contributed by atoms with Gasteiger partial charge in [0.2, 0.25) is 5.91 Å². The molecule has 1 aromatic carbocycles. The fourth-order valence-electron chi connectivity index (χ4n) is 6.04. The van der Waals surface area contributed by atoms with E-state index in [2.05, 4.69) is 36.5 Å². The first kappa shape index (κ1) is 13.4. The third-order valence-corrected chi connectivity index (χ3v) is 6.43. The Kier molecular flexibility index (Phi) is 2.76. The van der Waals surface area contributed by atoms with Gasteiger partial charge in [0, 0.05) is 7.05 Å². The van der Waals surface area contributed by atoms with Crippen LogP contribution in [0, 0.1) is 24.2 Å². The van der Waals surface area contributed by atoms with Gasteiger partial charge in [0.25, 0.3) is 0 Å². The van der Waals surface area contributed by atoms with Crippen LogP contribution in [0.3, 0.4) is 0 Å². The lowest BCUT2D eigenvalue weighted by Crippen LogP contribution is -2.58. The van der Waals surface area contributed by atoms with Crippen LogP contribution >= 0.6 is 0 Å². The molecule has 1 aromatic rings. The van der Waals surface area contributed by atoms with Crippen molar-refractivity contribution in [2.24, 2.45) is 17.3 Å². The van der Waals surface area contributed by atoms with Crippen LogP contribution in [0.2, 0.25) is 0 Å². The summed E-state index contributed by atoms with van der Waals surface area (Å²) in [5.74, 6) is 1.81. The van der Waals surface area contributed by atoms with E-state index in [0.29, 0.717) is 5.91 Å². The maximum Gasteiger partial charge on any atom is 0.226 e. The summed E-state index contributed by atoms with van der Waals surface area (Å²) in [5, 5.41) is 2.96. The molecule has 5 rings (SSSR count). The van der Waals surface area contributed by atoms with Crippen LogP contribution in [-0.4, -0.2) is 13.0 Å². The molecule has 2 heteroatoms. The number of nitrogens with one attached hydrogen (secondary N) is 1. The van der Waals surface area contributed by atoms with Gasteiger partial charge in [-0.25, -0.2) is 0 Å². The minimum absolute atomic E-state index is 0.0796. The molecule has 0 radical (unpaired) electrons. The van der Waals surface area contributed by atoms with Crippen LogP contribution in [0.25, 0.3) is 0 Å². The van der Waals surface area contributed by atoms with Gasteiger partial charge >= 0.3 is 0 Å². The topological polar surface area (TPSA) is 29.1 Å². The highest BCUT2D eigenvalue weighted by Crippen LogP contribution is 2.65. The molecule has 0 unspecified atom stereocenters. The lowest BCUT2D eigenvalue weighted by Gasteiger charge is -2.61. The molecule has 4 fully saturated rings. The van der Waals surface area contributed by atoms with Crippen molar-refractivity contribution in [3.63, 3.8) is 0 Å². The van der Waals surface area contributed by atoms with Crippen molar-refractivity contribution < 1.29 is 4.79 Å². The second-order valence-corrected chi connectivity index (χ2v) is 7.97. The smallest absolute Gasteiger partial charge is 0.226 e. The van der Waals surface area contributed by atoms with Crippen molar-refractivity contribution in [1.29, 1.82) is 0 Å². The van der Waals surface area contributed by atoms with Gasteiger partial charge in [-0.1, -0.05) is 29.8 Å². The standard InChI is InChI=1S/C19H25NO/c1-13-3-5-16(6-4-13)18-8-14-7-15(9-18)11-19(10-14,12-18)17(21)20-2/h3-6,14-15H,7-12H2,1-2H3,(H,20,21)/t14-,15-,18?,19?/m1/s1. The van der Waals surface area contributed by atoms with Gasteiger partial charge < -0.3 is 5.32 Å². The quantitative estimate of drug-likeness (QED) is 0.883. The zero-order chi connectivity index (χ0) is 14.7. The van der Waals surface area contributed by atoms with Crippen molar-refractivity contribution in [1.82, 2.24) is 5.32 Å². The molecule has 4 saturated carbocycles. The highest BCUT2D eigenvalue weighted by molar-refractivity contribution is 5.83. The Labute approximate surface area is 127 Å². The second-order valence-electron chi connectivity index (χ2n) is 7.97. The zero-order valence-electron chi connectivity index (χ0n) is 13.1. The Morgan fingerprint density at radius 2 is 1.71 bits per heavy atom. The zero-order valence-corrected chi connectivity index (χ0v) is 13.1. The Hall–Kier alpha value is -1.31. The largest absolute Gasteiger partial charge is 0.359 e. The summed E-state index contributed by atoms with van der Waals surface area (Å²) < 4.78 is 0. The van der Waals surface area contributed by atoms with E-state index in [-0.39, 0.29) is 10.8 Å². The number of hydrogen-bond acceptors (Lipinski definition) is 1. The molecule has 2 atom stereocenters. The third-order valence-electron chi connectivity index (χ3n) is 6.43. The molecular weight excluding hydrogens is 258 g/mol. The summed E-state index contributed by atoms with van der Waals surface area (Å²) in [6.07, 6.45) is 7.26. The van der Waals surface area contributed by atoms with Gasteiger partial charge in [0.1, 0.15) is 0 Å². The van der Waals surface area contributed by atoms with E-state index in [1.165, 1.54) is 30.4 Å². The molecule has 4 bridgehead atoms. The SMILES string of the molecule is CNC(=O)C12C[C@@H]3C[C@@H](C1)CC(c1ccc(C)cc1)(C3)C2. The van der Waals surface area contributed by atoms with Gasteiger partial charge in [0.15, 0.2) is 0 Å². The minimum Gasteiger partial charge on any atom is -0.359 e. The average molecular weight is 283 g/mol. The van der Waals surface area contributed by atoms with E-state index < -0.39 is 0 Å². The first-order valence-electron chi connectivity index (χ1n) is 8.35. The molecule has 0 saturated heterocycles. The van der Waals surface area contributed by atoms with Crippen molar-refractivity contribution in [2.45, 2.75) is 50.9 Å². The molecule has 0 aromatic heterocycles. The lowest BCUT2D eigenvalue weighted by atomic mass is 9.42. The van der Waals surface area contributed by atoms with Gasteiger partial charge in [-0.3, -0.25) is 4.79 Å². The maximum atomic E-state index is 12.6. The lowest BCUT2D eigenvalue weighted by molar-refractivity contribution is -0.148. The van der Waals surface area contributed by atoms with E-state index in [1.54, 1.807) is 7.05 Å². The van der Waals surface area contributed by atoms with E-state index in [9.17, 15) is 4.79 Å². The minimum atomic E-state index is -0.0796. The maximum absolute atomic E-state index is 12.6. The van der Waals surface area contributed by atoms with Crippen LogP contribution in [0.1, 0.15) is 49.7 Å². The highest BCUT2D eigenvalue weighted by atomic mass is 16.2. The molecule has 4 aliphatic rings. The number of rotatable bonds is 2. The molecule has 0 aliphatic heterocycles. The summed E-state index contributed by atoms with van der Waals surface area (Å²) in [6, 6.07) is 9.11. The number of amides is 1. The van der Waals surface area contributed by atoms with Crippen LogP contribution in [0.5, 0.6) is 0 Å². The molecule has 21 heavy (non-hydrogen) atoms. The average Bonchev–Trinajstić information content (AvgIpc) is 2.45.